The number of methoxy groups -OCH3 is 1. The summed E-state index contributed by atoms with van der Waals surface area (Å²) in [7, 11) is 1.67. The van der Waals surface area contributed by atoms with Crippen molar-refractivity contribution in [3.63, 3.8) is 0 Å². The van der Waals surface area contributed by atoms with Gasteiger partial charge in [0.15, 0.2) is 0 Å². The lowest BCUT2D eigenvalue weighted by atomic mass is 10.1. The van der Waals surface area contributed by atoms with Crippen molar-refractivity contribution in [2.75, 3.05) is 38.7 Å². The average Bonchev–Trinajstić information content (AvgIpc) is 2.73. The van der Waals surface area contributed by atoms with Crippen LogP contribution in [0.1, 0.15) is 12.8 Å². The second kappa shape index (κ2) is 10.5. The van der Waals surface area contributed by atoms with Crippen molar-refractivity contribution >= 4 is 17.5 Å². The summed E-state index contributed by atoms with van der Waals surface area (Å²) in [6, 6.07) is 12.3. The van der Waals surface area contributed by atoms with Gasteiger partial charge in [-0.2, -0.15) is 0 Å². The lowest BCUT2D eigenvalue weighted by Crippen LogP contribution is -2.50. The van der Waals surface area contributed by atoms with Crippen molar-refractivity contribution in [3.05, 3.63) is 48.7 Å². The Morgan fingerprint density at radius 1 is 1.21 bits per heavy atom. The number of nitrogens with one attached hydrogen (secondary N) is 2. The van der Waals surface area contributed by atoms with Crippen LogP contribution < -0.4 is 15.4 Å². The van der Waals surface area contributed by atoms with E-state index >= 15 is 0 Å². The highest BCUT2D eigenvalue weighted by Gasteiger charge is 2.24. The Balaban J connectivity index is 1.51. The molecule has 0 saturated carbocycles. The fourth-order valence-corrected chi connectivity index (χ4v) is 3.19. The molecule has 0 bridgehead atoms. The van der Waals surface area contributed by atoms with Crippen LogP contribution in [0.2, 0.25) is 0 Å². The molecule has 1 aromatic carbocycles. The molecule has 2 amide bonds. The summed E-state index contributed by atoms with van der Waals surface area (Å²) in [5.74, 6) is -0.395. The van der Waals surface area contributed by atoms with E-state index in [1.165, 1.54) is 6.20 Å². The number of rotatable bonds is 7. The van der Waals surface area contributed by atoms with Gasteiger partial charge in [-0.15, -0.1) is 0 Å². The fourth-order valence-electron chi connectivity index (χ4n) is 3.19. The van der Waals surface area contributed by atoms with E-state index < -0.39 is 11.8 Å². The molecule has 1 saturated heterocycles. The quantitative estimate of drug-likeness (QED) is 0.694. The van der Waals surface area contributed by atoms with Gasteiger partial charge in [-0.1, -0.05) is 18.2 Å². The summed E-state index contributed by atoms with van der Waals surface area (Å²) < 4.78 is 10.8. The van der Waals surface area contributed by atoms with Gasteiger partial charge in [-0.25, -0.2) is 4.98 Å². The molecule has 2 heterocycles. The molecular weight excluding hydrogens is 372 g/mol. The van der Waals surface area contributed by atoms with Crippen LogP contribution in [0.4, 0.5) is 5.69 Å². The van der Waals surface area contributed by atoms with Crippen LogP contribution >= 0.6 is 0 Å². The monoisotopic (exact) mass is 398 g/mol. The van der Waals surface area contributed by atoms with Crippen LogP contribution in [-0.2, 0) is 14.3 Å². The summed E-state index contributed by atoms with van der Waals surface area (Å²) in [5, 5.41) is 5.42. The number of para-hydroxylation sites is 1. The predicted octanol–water partition coefficient (Wildman–Crippen LogP) is 2.04. The Hall–Kier alpha value is -2.97. The van der Waals surface area contributed by atoms with Crippen molar-refractivity contribution in [2.24, 2.45) is 0 Å². The van der Waals surface area contributed by atoms with Gasteiger partial charge >= 0.3 is 11.8 Å². The highest BCUT2D eigenvalue weighted by atomic mass is 16.5. The molecule has 1 aliphatic heterocycles. The molecule has 3 rings (SSSR count). The van der Waals surface area contributed by atoms with Crippen molar-refractivity contribution in [1.29, 1.82) is 0 Å². The zero-order valence-corrected chi connectivity index (χ0v) is 16.5. The molecule has 8 nitrogen and oxygen atoms in total. The number of pyridine rings is 1. The van der Waals surface area contributed by atoms with Gasteiger partial charge in [0, 0.05) is 44.2 Å². The third kappa shape index (κ3) is 6.55. The van der Waals surface area contributed by atoms with Crippen LogP contribution in [0.3, 0.4) is 0 Å². The zero-order valence-electron chi connectivity index (χ0n) is 16.5. The third-order valence-corrected chi connectivity index (χ3v) is 4.62. The minimum absolute atomic E-state index is 0.0479. The maximum Gasteiger partial charge on any atom is 0.313 e. The van der Waals surface area contributed by atoms with E-state index in [1.807, 2.05) is 18.2 Å². The average molecular weight is 398 g/mol. The number of hydrogen-bond donors (Lipinski definition) is 2. The first-order valence-corrected chi connectivity index (χ1v) is 9.66. The van der Waals surface area contributed by atoms with Crippen molar-refractivity contribution in [2.45, 2.75) is 18.9 Å². The zero-order chi connectivity index (χ0) is 20.5. The van der Waals surface area contributed by atoms with Crippen molar-refractivity contribution in [3.8, 4) is 11.6 Å². The Kier molecular flexibility index (Phi) is 7.54. The van der Waals surface area contributed by atoms with Gasteiger partial charge < -0.3 is 20.1 Å². The maximum atomic E-state index is 12.3. The van der Waals surface area contributed by atoms with Gasteiger partial charge in [-0.3, -0.25) is 14.5 Å². The molecular formula is C21H26N4O4. The van der Waals surface area contributed by atoms with E-state index in [2.05, 4.69) is 20.5 Å². The van der Waals surface area contributed by atoms with Crippen molar-refractivity contribution < 1.29 is 19.1 Å². The SMILES string of the molecule is COCCN1CCC[C@@H](NC(=O)C(=O)Nc2ccnc(Oc3ccccc3)c2)C1. The second-order valence-electron chi connectivity index (χ2n) is 6.86. The van der Waals surface area contributed by atoms with Gasteiger partial charge in [0.2, 0.25) is 5.88 Å². The van der Waals surface area contributed by atoms with E-state index in [0.717, 1.165) is 25.9 Å². The topological polar surface area (TPSA) is 92.8 Å². The number of ether oxygens (including phenoxy) is 2. The van der Waals surface area contributed by atoms with Gasteiger partial charge in [0.25, 0.3) is 0 Å². The number of carbonyl (C=O) groups excluding carboxylic acids is 2. The number of aromatic nitrogens is 1. The first kappa shape index (κ1) is 20.8. The molecule has 1 fully saturated rings. The molecule has 1 aliphatic rings. The fraction of sp³-hybridized carbons (Fsp3) is 0.381. The van der Waals surface area contributed by atoms with E-state index in [1.54, 1.807) is 31.4 Å². The largest absolute Gasteiger partial charge is 0.439 e. The second-order valence-corrected chi connectivity index (χ2v) is 6.86. The Morgan fingerprint density at radius 3 is 2.83 bits per heavy atom. The van der Waals surface area contributed by atoms with Crippen LogP contribution in [0.15, 0.2) is 48.7 Å². The Morgan fingerprint density at radius 2 is 2.03 bits per heavy atom. The molecule has 0 radical (unpaired) electrons. The Labute approximate surface area is 170 Å². The van der Waals surface area contributed by atoms with E-state index in [9.17, 15) is 9.59 Å². The molecule has 0 aliphatic carbocycles. The molecule has 2 aromatic rings. The third-order valence-electron chi connectivity index (χ3n) is 4.62. The lowest BCUT2D eigenvalue weighted by Gasteiger charge is -2.32. The molecule has 0 unspecified atom stereocenters. The van der Waals surface area contributed by atoms with Crippen LogP contribution in [-0.4, -0.2) is 61.1 Å². The minimum atomic E-state index is -0.712. The summed E-state index contributed by atoms with van der Waals surface area (Å²) >= 11 is 0. The molecule has 2 N–H and O–H groups in total. The number of hydrogen-bond acceptors (Lipinski definition) is 6. The van der Waals surface area contributed by atoms with Crippen molar-refractivity contribution in [1.82, 2.24) is 15.2 Å². The summed E-state index contributed by atoms with van der Waals surface area (Å²) in [6.07, 6.45) is 3.34. The molecule has 1 atom stereocenters. The van der Waals surface area contributed by atoms with Crippen LogP contribution in [0.25, 0.3) is 0 Å². The summed E-state index contributed by atoms with van der Waals surface area (Å²) in [5.41, 5.74) is 0.441. The highest BCUT2D eigenvalue weighted by molar-refractivity contribution is 6.39. The number of amides is 2. The number of likely N-dealkylation sites (tertiary alicyclic amines) is 1. The van der Waals surface area contributed by atoms with Gasteiger partial charge in [0.1, 0.15) is 5.75 Å². The summed E-state index contributed by atoms with van der Waals surface area (Å²) in [6.45, 7) is 3.16. The molecule has 29 heavy (non-hydrogen) atoms. The molecule has 8 heteroatoms. The smallest absolute Gasteiger partial charge is 0.313 e. The lowest BCUT2D eigenvalue weighted by molar-refractivity contribution is -0.136. The maximum absolute atomic E-state index is 12.3. The predicted molar refractivity (Wildman–Crippen MR) is 109 cm³/mol. The molecule has 1 aromatic heterocycles. The number of anilines is 1. The minimum Gasteiger partial charge on any atom is -0.439 e. The number of piperidine rings is 1. The van der Waals surface area contributed by atoms with E-state index in [4.69, 9.17) is 9.47 Å². The highest BCUT2D eigenvalue weighted by Crippen LogP contribution is 2.21. The van der Waals surface area contributed by atoms with Crippen LogP contribution in [0.5, 0.6) is 11.6 Å². The first-order valence-electron chi connectivity index (χ1n) is 9.66. The molecule has 0 spiro atoms. The van der Waals surface area contributed by atoms with E-state index in [0.29, 0.717) is 30.5 Å². The normalized spacial score (nSPS) is 16.8. The Bertz CT molecular complexity index is 815. The van der Waals surface area contributed by atoms with E-state index in [-0.39, 0.29) is 6.04 Å². The standard InChI is InChI=1S/C21H26N4O4/c1-28-13-12-25-11-5-6-17(15-25)24-21(27)20(26)23-16-9-10-22-19(14-16)29-18-7-3-2-4-8-18/h2-4,7-10,14,17H,5-6,11-13,15H2,1H3,(H,24,27)(H,22,23,26)/t17-/m1/s1. The first-order chi connectivity index (χ1) is 14.1. The van der Waals surface area contributed by atoms with Gasteiger partial charge in [-0.05, 0) is 37.6 Å². The number of nitrogens with zero attached hydrogens (tertiary/aromatic N) is 2. The number of benzene rings is 1. The van der Waals surface area contributed by atoms with Crippen LogP contribution in [0, 0.1) is 0 Å². The molecule has 154 valence electrons. The number of carbonyl (C=O) groups is 2. The summed E-state index contributed by atoms with van der Waals surface area (Å²) in [4.78, 5) is 30.9. The van der Waals surface area contributed by atoms with Gasteiger partial charge in [0.05, 0.1) is 6.61 Å².